The minimum absolute atomic E-state index is 0.0984. The van der Waals surface area contributed by atoms with E-state index in [4.69, 9.17) is 4.42 Å². The maximum atomic E-state index is 11.9. The Labute approximate surface area is 130 Å². The van der Waals surface area contributed by atoms with E-state index in [0.29, 0.717) is 5.39 Å². The van der Waals surface area contributed by atoms with Crippen molar-refractivity contribution in [2.45, 2.75) is 6.92 Å². The van der Waals surface area contributed by atoms with E-state index in [1.165, 1.54) is 6.07 Å². The molecule has 8 nitrogen and oxygen atoms in total. The molecule has 0 aliphatic heterocycles. The zero-order valence-electron chi connectivity index (χ0n) is 12.2. The quantitative estimate of drug-likeness (QED) is 0.843. The van der Waals surface area contributed by atoms with Crippen LogP contribution in [0.15, 0.2) is 39.5 Å². The van der Waals surface area contributed by atoms with E-state index in [1.54, 1.807) is 25.1 Å². The summed E-state index contributed by atoms with van der Waals surface area (Å²) in [6, 6.07) is 7.38. The molecule has 23 heavy (non-hydrogen) atoms. The molecule has 0 aliphatic rings. The van der Waals surface area contributed by atoms with Crippen LogP contribution in [0.25, 0.3) is 11.0 Å². The number of carbonyl (C=O) groups is 3. The Morgan fingerprint density at radius 2 is 1.91 bits per heavy atom. The van der Waals surface area contributed by atoms with Crippen LogP contribution in [0, 0.1) is 0 Å². The van der Waals surface area contributed by atoms with Crippen LogP contribution in [0.1, 0.15) is 17.5 Å². The number of hydrogen-bond donors (Lipinski definition) is 1. The van der Waals surface area contributed by atoms with E-state index >= 15 is 0 Å². The smallest absolute Gasteiger partial charge is 0.413 e. The molecule has 2 aromatic rings. The highest BCUT2D eigenvalue weighted by Crippen LogP contribution is 2.12. The van der Waals surface area contributed by atoms with Gasteiger partial charge in [0.25, 0.3) is 5.91 Å². The first-order valence-electron chi connectivity index (χ1n) is 6.68. The Bertz CT molecular complexity index is 809. The van der Waals surface area contributed by atoms with Crippen LogP contribution in [-0.4, -0.2) is 31.2 Å². The Hall–Kier alpha value is -3.16. The van der Waals surface area contributed by atoms with Crippen LogP contribution in [0.5, 0.6) is 0 Å². The molecule has 0 aliphatic carbocycles. The van der Waals surface area contributed by atoms with E-state index in [1.807, 2.05) is 5.32 Å². The molecule has 0 bridgehead atoms. The molecule has 0 saturated heterocycles. The van der Waals surface area contributed by atoms with E-state index in [2.05, 4.69) is 9.47 Å². The van der Waals surface area contributed by atoms with Crippen molar-refractivity contribution >= 4 is 28.9 Å². The van der Waals surface area contributed by atoms with E-state index in [0.717, 1.165) is 6.07 Å². The number of fused-ring (bicyclic) bond motifs is 1. The predicted octanol–water partition coefficient (Wildman–Crippen LogP) is 1.22. The van der Waals surface area contributed by atoms with Crippen LogP contribution >= 0.6 is 0 Å². The average molecular weight is 319 g/mol. The van der Waals surface area contributed by atoms with Gasteiger partial charge >= 0.3 is 12.1 Å². The first-order chi connectivity index (χ1) is 11.0. The van der Waals surface area contributed by atoms with Crippen molar-refractivity contribution in [1.29, 1.82) is 0 Å². The van der Waals surface area contributed by atoms with Crippen molar-refractivity contribution in [3.05, 3.63) is 46.3 Å². The summed E-state index contributed by atoms with van der Waals surface area (Å²) in [5.41, 5.74) is -0.183. The normalized spacial score (nSPS) is 10.1. The lowest BCUT2D eigenvalue weighted by molar-refractivity contribution is -0.123. The van der Waals surface area contributed by atoms with Crippen LogP contribution in [-0.2, 0) is 14.3 Å². The molecule has 1 aromatic heterocycles. The summed E-state index contributed by atoms with van der Waals surface area (Å²) < 4.78 is 14.4. The fourth-order valence-electron chi connectivity index (χ4n) is 1.72. The van der Waals surface area contributed by atoms with E-state index in [-0.39, 0.29) is 18.0 Å². The number of alkyl carbamates (subject to hydrolysis) is 1. The van der Waals surface area contributed by atoms with Gasteiger partial charge in [0, 0.05) is 6.07 Å². The van der Waals surface area contributed by atoms with Gasteiger partial charge in [-0.1, -0.05) is 12.1 Å². The minimum atomic E-state index is -0.994. The van der Waals surface area contributed by atoms with Gasteiger partial charge in [-0.25, -0.2) is 9.59 Å². The Balaban J connectivity index is 2.02. The van der Waals surface area contributed by atoms with Gasteiger partial charge in [0.1, 0.15) is 5.58 Å². The topological polar surface area (TPSA) is 112 Å². The molecule has 1 heterocycles. The number of nitrogens with one attached hydrogen (secondary N) is 1. The van der Waals surface area contributed by atoms with Crippen LogP contribution in [0.4, 0.5) is 4.79 Å². The largest absolute Gasteiger partial charge is 0.450 e. The SMILES string of the molecule is CCOC(=O)NC(=O)COC(=O)c1cc(=O)c2ccccc2o1. The zero-order valence-corrected chi connectivity index (χ0v) is 12.2. The van der Waals surface area contributed by atoms with Crippen LogP contribution in [0.2, 0.25) is 0 Å². The number of hydrogen-bond acceptors (Lipinski definition) is 7. The second-order valence-electron chi connectivity index (χ2n) is 4.32. The standard InChI is InChI=1S/C15H13NO7/c1-2-21-15(20)16-13(18)8-22-14(19)12-7-10(17)9-5-3-4-6-11(9)23-12/h3-7H,2,8H2,1H3,(H,16,18,20). The van der Waals surface area contributed by atoms with Crippen molar-refractivity contribution in [2.24, 2.45) is 0 Å². The van der Waals surface area contributed by atoms with Gasteiger partial charge in [-0.3, -0.25) is 14.9 Å². The number of rotatable bonds is 4. The highest BCUT2D eigenvalue weighted by atomic mass is 16.6. The highest BCUT2D eigenvalue weighted by molar-refractivity contribution is 5.95. The fourth-order valence-corrected chi connectivity index (χ4v) is 1.72. The second kappa shape index (κ2) is 7.21. The maximum absolute atomic E-state index is 11.9. The molecule has 120 valence electrons. The minimum Gasteiger partial charge on any atom is -0.450 e. The molecule has 0 spiro atoms. The Morgan fingerprint density at radius 1 is 1.17 bits per heavy atom. The molecular weight excluding hydrogens is 306 g/mol. The number of imide groups is 1. The number of esters is 1. The summed E-state index contributed by atoms with van der Waals surface area (Å²) in [6.07, 6.45) is -0.939. The highest BCUT2D eigenvalue weighted by Gasteiger charge is 2.16. The molecule has 1 N–H and O–H groups in total. The maximum Gasteiger partial charge on any atom is 0.413 e. The molecule has 2 amide bonds. The number of para-hydroxylation sites is 1. The van der Waals surface area contributed by atoms with Crippen molar-refractivity contribution in [3.8, 4) is 0 Å². The lowest BCUT2D eigenvalue weighted by Gasteiger charge is -2.05. The van der Waals surface area contributed by atoms with Crippen LogP contribution in [0.3, 0.4) is 0 Å². The number of ether oxygens (including phenoxy) is 2. The first kappa shape index (κ1) is 16.2. The fraction of sp³-hybridized carbons (Fsp3) is 0.200. The summed E-state index contributed by atoms with van der Waals surface area (Å²) in [5.74, 6) is -2.19. The predicted molar refractivity (Wildman–Crippen MR) is 77.9 cm³/mol. The van der Waals surface area contributed by atoms with Gasteiger partial charge in [-0.15, -0.1) is 0 Å². The third-order valence-electron chi connectivity index (χ3n) is 2.69. The number of benzene rings is 1. The summed E-state index contributed by atoms with van der Waals surface area (Å²) in [7, 11) is 0. The summed E-state index contributed by atoms with van der Waals surface area (Å²) in [6.45, 7) is 0.959. The lowest BCUT2D eigenvalue weighted by Crippen LogP contribution is -2.34. The Morgan fingerprint density at radius 3 is 2.65 bits per heavy atom. The van der Waals surface area contributed by atoms with Crippen molar-refractivity contribution in [2.75, 3.05) is 13.2 Å². The molecule has 8 heteroatoms. The van der Waals surface area contributed by atoms with Gasteiger partial charge in [0.05, 0.1) is 12.0 Å². The molecule has 1 aromatic carbocycles. The summed E-state index contributed by atoms with van der Waals surface area (Å²) in [4.78, 5) is 46.0. The molecule has 0 radical (unpaired) electrons. The number of amides is 2. The summed E-state index contributed by atoms with van der Waals surface area (Å²) in [5, 5.41) is 2.18. The van der Waals surface area contributed by atoms with Crippen molar-refractivity contribution in [1.82, 2.24) is 5.32 Å². The molecule has 0 fully saturated rings. The van der Waals surface area contributed by atoms with E-state index < -0.39 is 30.0 Å². The second-order valence-corrected chi connectivity index (χ2v) is 4.32. The zero-order chi connectivity index (χ0) is 16.8. The van der Waals surface area contributed by atoms with Crippen molar-refractivity contribution < 1.29 is 28.3 Å². The number of carbonyl (C=O) groups excluding carboxylic acids is 3. The van der Waals surface area contributed by atoms with Crippen LogP contribution < -0.4 is 10.7 Å². The van der Waals surface area contributed by atoms with Gasteiger partial charge in [0.2, 0.25) is 5.76 Å². The molecular formula is C15H13NO7. The first-order valence-corrected chi connectivity index (χ1v) is 6.68. The summed E-state index contributed by atoms with van der Waals surface area (Å²) >= 11 is 0. The molecule has 0 atom stereocenters. The van der Waals surface area contributed by atoms with Gasteiger partial charge in [-0.05, 0) is 19.1 Å². The Kier molecular flexibility index (Phi) is 5.08. The lowest BCUT2D eigenvalue weighted by atomic mass is 10.2. The third-order valence-corrected chi connectivity index (χ3v) is 2.69. The molecule has 0 unspecified atom stereocenters. The monoisotopic (exact) mass is 319 g/mol. The molecule has 0 saturated carbocycles. The van der Waals surface area contributed by atoms with Gasteiger partial charge < -0.3 is 13.9 Å². The van der Waals surface area contributed by atoms with Gasteiger partial charge in [0.15, 0.2) is 12.0 Å². The third kappa shape index (κ3) is 4.16. The average Bonchev–Trinajstić information content (AvgIpc) is 2.52. The molecule has 2 rings (SSSR count). The van der Waals surface area contributed by atoms with Gasteiger partial charge in [-0.2, -0.15) is 0 Å². The van der Waals surface area contributed by atoms with E-state index in [9.17, 15) is 19.2 Å². The van der Waals surface area contributed by atoms with Crippen molar-refractivity contribution in [3.63, 3.8) is 0 Å².